The summed E-state index contributed by atoms with van der Waals surface area (Å²) in [4.78, 5) is 0. The van der Waals surface area contributed by atoms with Crippen LogP contribution in [0.25, 0.3) is 0 Å². The molecule has 0 saturated carbocycles. The van der Waals surface area contributed by atoms with E-state index in [-0.39, 0.29) is 12.4 Å². The molecule has 0 spiro atoms. The first-order valence-electron chi connectivity index (χ1n) is 3.46. The highest BCUT2D eigenvalue weighted by atomic mass is 35.5. The van der Waals surface area contributed by atoms with Gasteiger partial charge in [0.15, 0.2) is 0 Å². The molecular formula is C9H10ClN. The van der Waals surface area contributed by atoms with Crippen LogP contribution in [0, 0.1) is 0 Å². The molecule has 0 bridgehead atoms. The molecule has 0 fully saturated rings. The Labute approximate surface area is 72.5 Å². The van der Waals surface area contributed by atoms with E-state index in [9.17, 15) is 0 Å². The van der Waals surface area contributed by atoms with Crippen molar-refractivity contribution in [1.29, 1.82) is 0 Å². The summed E-state index contributed by atoms with van der Waals surface area (Å²) in [6.45, 7) is 0. The third kappa shape index (κ3) is 1.55. The van der Waals surface area contributed by atoms with Crippen molar-refractivity contribution in [3.63, 3.8) is 0 Å². The second-order valence-corrected chi connectivity index (χ2v) is 2.41. The summed E-state index contributed by atoms with van der Waals surface area (Å²) in [6.07, 6.45) is 5.17. The standard InChI is InChI=1S/C9H9N.ClH/c1-2-6-9-8(4-1)5-3-7-10-9;/h1-4,6-7,10H,5H2;1H. The Balaban J connectivity index is 0.000000605. The van der Waals surface area contributed by atoms with Crippen molar-refractivity contribution in [2.24, 2.45) is 0 Å². The topological polar surface area (TPSA) is 12.0 Å². The van der Waals surface area contributed by atoms with E-state index in [0.717, 1.165) is 6.42 Å². The maximum Gasteiger partial charge on any atom is 0.0415 e. The minimum atomic E-state index is 0. The first kappa shape index (κ1) is 8.15. The van der Waals surface area contributed by atoms with Crippen LogP contribution in [0.15, 0.2) is 36.5 Å². The third-order valence-corrected chi connectivity index (χ3v) is 1.71. The number of fused-ring (bicyclic) bond motifs is 1. The Morgan fingerprint density at radius 3 is 2.82 bits per heavy atom. The molecule has 0 unspecified atom stereocenters. The maximum atomic E-state index is 3.18. The fraction of sp³-hybridized carbons (Fsp3) is 0.111. The zero-order chi connectivity index (χ0) is 6.81. The molecule has 1 heterocycles. The average molecular weight is 168 g/mol. The van der Waals surface area contributed by atoms with E-state index in [1.54, 1.807) is 0 Å². The summed E-state index contributed by atoms with van der Waals surface area (Å²) >= 11 is 0. The quantitative estimate of drug-likeness (QED) is 0.627. The fourth-order valence-electron chi connectivity index (χ4n) is 1.17. The molecule has 0 amide bonds. The Morgan fingerprint density at radius 1 is 1.18 bits per heavy atom. The Morgan fingerprint density at radius 2 is 2.00 bits per heavy atom. The number of halogens is 1. The molecule has 0 aliphatic carbocycles. The number of nitrogens with one attached hydrogen (secondary N) is 1. The van der Waals surface area contributed by atoms with Crippen LogP contribution >= 0.6 is 12.4 Å². The van der Waals surface area contributed by atoms with E-state index in [0.29, 0.717) is 0 Å². The number of anilines is 1. The molecule has 2 rings (SSSR count). The smallest absolute Gasteiger partial charge is 0.0415 e. The molecule has 1 aliphatic rings. The Hall–Kier alpha value is -0.950. The van der Waals surface area contributed by atoms with E-state index in [4.69, 9.17) is 0 Å². The lowest BCUT2D eigenvalue weighted by Crippen LogP contribution is -1.98. The van der Waals surface area contributed by atoms with Crippen LogP contribution in [0.2, 0.25) is 0 Å². The van der Waals surface area contributed by atoms with Gasteiger partial charge in [-0.15, -0.1) is 12.4 Å². The first-order chi connectivity index (χ1) is 4.97. The molecule has 1 N–H and O–H groups in total. The molecule has 11 heavy (non-hydrogen) atoms. The van der Waals surface area contributed by atoms with Gasteiger partial charge in [-0.2, -0.15) is 0 Å². The van der Waals surface area contributed by atoms with Crippen molar-refractivity contribution in [1.82, 2.24) is 0 Å². The molecule has 1 aromatic rings. The Kier molecular flexibility index (Phi) is 2.55. The molecule has 0 aromatic heterocycles. The number of rotatable bonds is 0. The van der Waals surface area contributed by atoms with Crippen LogP contribution in [0.3, 0.4) is 0 Å². The van der Waals surface area contributed by atoms with Crippen LogP contribution in [0.1, 0.15) is 5.56 Å². The van der Waals surface area contributed by atoms with Gasteiger partial charge in [0.05, 0.1) is 0 Å². The van der Waals surface area contributed by atoms with Gasteiger partial charge in [-0.3, -0.25) is 0 Å². The summed E-state index contributed by atoms with van der Waals surface area (Å²) in [5, 5.41) is 3.18. The number of hydrogen-bond acceptors (Lipinski definition) is 1. The van der Waals surface area contributed by atoms with Gasteiger partial charge in [0.25, 0.3) is 0 Å². The maximum absolute atomic E-state index is 3.18. The van der Waals surface area contributed by atoms with Crippen molar-refractivity contribution in [3.8, 4) is 0 Å². The molecule has 0 atom stereocenters. The Bertz CT molecular complexity index is 241. The number of allylic oxidation sites excluding steroid dienone is 1. The normalized spacial score (nSPS) is 12.7. The summed E-state index contributed by atoms with van der Waals surface area (Å²) < 4.78 is 0. The fourth-order valence-corrected chi connectivity index (χ4v) is 1.17. The van der Waals surface area contributed by atoms with Crippen LogP contribution < -0.4 is 5.32 Å². The third-order valence-electron chi connectivity index (χ3n) is 1.71. The zero-order valence-corrected chi connectivity index (χ0v) is 6.90. The van der Waals surface area contributed by atoms with E-state index < -0.39 is 0 Å². The molecular weight excluding hydrogens is 158 g/mol. The van der Waals surface area contributed by atoms with Crippen LogP contribution in [-0.2, 0) is 6.42 Å². The zero-order valence-electron chi connectivity index (χ0n) is 6.08. The van der Waals surface area contributed by atoms with E-state index >= 15 is 0 Å². The lowest BCUT2D eigenvalue weighted by atomic mass is 10.1. The van der Waals surface area contributed by atoms with Gasteiger partial charge in [-0.1, -0.05) is 24.3 Å². The van der Waals surface area contributed by atoms with Gasteiger partial charge in [-0.05, 0) is 24.3 Å². The van der Waals surface area contributed by atoms with E-state index in [1.165, 1.54) is 11.3 Å². The van der Waals surface area contributed by atoms with Crippen molar-refractivity contribution in [2.75, 3.05) is 5.32 Å². The highest BCUT2D eigenvalue weighted by Gasteiger charge is 1.99. The van der Waals surface area contributed by atoms with Crippen molar-refractivity contribution >= 4 is 18.1 Å². The van der Waals surface area contributed by atoms with Gasteiger partial charge in [-0.25, -0.2) is 0 Å². The van der Waals surface area contributed by atoms with Crippen LogP contribution in [-0.4, -0.2) is 0 Å². The molecule has 1 aliphatic heterocycles. The van der Waals surface area contributed by atoms with Crippen LogP contribution in [0.5, 0.6) is 0 Å². The molecule has 0 saturated heterocycles. The van der Waals surface area contributed by atoms with Crippen LogP contribution in [0.4, 0.5) is 5.69 Å². The lowest BCUT2D eigenvalue weighted by molar-refractivity contribution is 1.22. The predicted octanol–water partition coefficient (Wildman–Crippen LogP) is 2.59. The predicted molar refractivity (Wildman–Crippen MR) is 50.2 cm³/mol. The largest absolute Gasteiger partial charge is 0.362 e. The highest BCUT2D eigenvalue weighted by molar-refractivity contribution is 5.85. The molecule has 1 aromatic carbocycles. The monoisotopic (exact) mass is 167 g/mol. The summed E-state index contributed by atoms with van der Waals surface area (Å²) in [5.74, 6) is 0. The second kappa shape index (κ2) is 3.44. The molecule has 0 radical (unpaired) electrons. The average Bonchev–Trinajstić information content (AvgIpc) is 2.05. The van der Waals surface area contributed by atoms with Gasteiger partial charge < -0.3 is 5.32 Å². The van der Waals surface area contributed by atoms with Crippen molar-refractivity contribution < 1.29 is 0 Å². The van der Waals surface area contributed by atoms with E-state index in [1.807, 2.05) is 12.3 Å². The highest BCUT2D eigenvalue weighted by Crippen LogP contribution is 2.18. The number of hydrogen-bond donors (Lipinski definition) is 1. The lowest BCUT2D eigenvalue weighted by Gasteiger charge is -2.10. The van der Waals surface area contributed by atoms with E-state index in [2.05, 4.69) is 29.6 Å². The minimum absolute atomic E-state index is 0. The van der Waals surface area contributed by atoms with Gasteiger partial charge in [0, 0.05) is 5.69 Å². The van der Waals surface area contributed by atoms with Crippen molar-refractivity contribution in [2.45, 2.75) is 6.42 Å². The molecule has 1 nitrogen and oxygen atoms in total. The molecule has 58 valence electrons. The minimum Gasteiger partial charge on any atom is -0.362 e. The summed E-state index contributed by atoms with van der Waals surface area (Å²) in [7, 11) is 0. The second-order valence-electron chi connectivity index (χ2n) is 2.41. The van der Waals surface area contributed by atoms with Crippen molar-refractivity contribution in [3.05, 3.63) is 42.1 Å². The van der Waals surface area contributed by atoms with Gasteiger partial charge in [0.2, 0.25) is 0 Å². The SMILES string of the molecule is C1=CNc2ccccc2C1.Cl. The molecule has 2 heteroatoms. The summed E-state index contributed by atoms with van der Waals surface area (Å²) in [5.41, 5.74) is 2.62. The van der Waals surface area contributed by atoms with Gasteiger partial charge in [0.1, 0.15) is 0 Å². The number of para-hydroxylation sites is 1. The first-order valence-corrected chi connectivity index (χ1v) is 3.46. The summed E-state index contributed by atoms with van der Waals surface area (Å²) in [6, 6.07) is 8.36. The number of benzene rings is 1. The van der Waals surface area contributed by atoms with Gasteiger partial charge >= 0.3 is 0 Å².